The molecule has 3 aliphatic heterocycles. The van der Waals surface area contributed by atoms with Crippen molar-refractivity contribution in [3.05, 3.63) is 34.9 Å². The first-order chi connectivity index (χ1) is 8.72. The van der Waals surface area contributed by atoms with Crippen molar-refractivity contribution in [3.63, 3.8) is 0 Å². The molecule has 0 saturated heterocycles. The number of hydrogen-bond acceptors (Lipinski definition) is 6. The first-order valence-electron chi connectivity index (χ1n) is 4.91. The number of allylic oxidation sites excluding steroid dienone is 2. The summed E-state index contributed by atoms with van der Waals surface area (Å²) in [5, 5.41) is 0. The molecule has 0 atom stereocenters. The van der Waals surface area contributed by atoms with Gasteiger partial charge in [-0.05, 0) is 57.3 Å². The van der Waals surface area contributed by atoms with Crippen LogP contribution in [0.15, 0.2) is 34.9 Å². The van der Waals surface area contributed by atoms with E-state index in [9.17, 15) is 0 Å². The zero-order valence-corrected chi connectivity index (χ0v) is 18.0. The zero-order valence-electron chi connectivity index (χ0n) is 8.77. The maximum absolute atomic E-state index is 2.42. The van der Waals surface area contributed by atoms with E-state index in [1.165, 1.54) is 34.3 Å². The molecule has 0 fully saturated rings. The molecule has 0 aliphatic carbocycles. The summed E-state index contributed by atoms with van der Waals surface area (Å²) in [5.41, 5.74) is 0. The Balaban J connectivity index is 1.65. The molecule has 0 bridgehead atoms. The molecule has 0 aromatic rings. The predicted molar refractivity (Wildman–Crippen MR) is 114 cm³/mol. The Morgan fingerprint density at radius 2 is 1.17 bits per heavy atom. The number of thioether (sulfide) groups is 6. The lowest BCUT2D eigenvalue weighted by Crippen LogP contribution is -1.88. The molecule has 3 aliphatic rings. The van der Waals surface area contributed by atoms with E-state index in [4.69, 9.17) is 0 Å². The molecule has 96 valence electrons. The topological polar surface area (TPSA) is 0 Å². The maximum atomic E-state index is 2.42. The highest BCUT2D eigenvalue weighted by molar-refractivity contribution is 14.1. The Kier molecular flexibility index (Phi) is 6.16. The Labute approximate surface area is 160 Å². The minimum absolute atomic E-state index is 1.26. The molecule has 0 spiro atoms. The SMILES string of the molecule is IC1=C(I)SC(=CC=C2SC3=C(SCCS3)S2)S1. The summed E-state index contributed by atoms with van der Waals surface area (Å²) in [5.74, 6) is 2.52. The van der Waals surface area contributed by atoms with Gasteiger partial charge >= 0.3 is 0 Å². The van der Waals surface area contributed by atoms with Crippen LogP contribution in [0.5, 0.6) is 0 Å². The molecule has 3 rings (SSSR count). The molecule has 0 unspecified atom stereocenters. The van der Waals surface area contributed by atoms with Gasteiger partial charge in [-0.15, -0.1) is 23.5 Å². The second kappa shape index (κ2) is 7.19. The van der Waals surface area contributed by atoms with Crippen LogP contribution in [0, 0.1) is 0 Å². The molecule has 0 saturated carbocycles. The molecule has 0 radical (unpaired) electrons. The molecule has 0 aromatic heterocycles. The van der Waals surface area contributed by atoms with Gasteiger partial charge in [-0.2, -0.15) is 0 Å². The van der Waals surface area contributed by atoms with Gasteiger partial charge in [-0.25, -0.2) is 0 Å². The Bertz CT molecular complexity index is 468. The van der Waals surface area contributed by atoms with E-state index in [1.807, 2.05) is 70.6 Å². The van der Waals surface area contributed by atoms with Crippen LogP contribution in [0.3, 0.4) is 0 Å². The molecule has 0 aromatic carbocycles. The fourth-order valence-electron chi connectivity index (χ4n) is 1.28. The lowest BCUT2D eigenvalue weighted by Gasteiger charge is -2.08. The average Bonchev–Trinajstić information content (AvgIpc) is 2.91. The van der Waals surface area contributed by atoms with Crippen molar-refractivity contribution >= 4 is 116 Å². The van der Waals surface area contributed by atoms with Gasteiger partial charge in [0.1, 0.15) is 0 Å². The second-order valence-electron chi connectivity index (χ2n) is 3.20. The van der Waals surface area contributed by atoms with Crippen LogP contribution in [0.25, 0.3) is 0 Å². The minimum atomic E-state index is 1.26. The van der Waals surface area contributed by atoms with Crippen molar-refractivity contribution in [1.29, 1.82) is 0 Å². The van der Waals surface area contributed by atoms with Gasteiger partial charge in [0.05, 0.1) is 22.8 Å². The normalized spacial score (nSPS) is 23.9. The molecule has 8 heteroatoms. The second-order valence-corrected chi connectivity index (χ2v) is 14.3. The van der Waals surface area contributed by atoms with E-state index in [2.05, 4.69) is 57.3 Å². The molecular formula is C10H6I2S6. The molecule has 0 amide bonds. The smallest absolute Gasteiger partial charge is 0.0712 e. The van der Waals surface area contributed by atoms with Gasteiger partial charge in [0.15, 0.2) is 0 Å². The van der Waals surface area contributed by atoms with E-state index in [-0.39, 0.29) is 0 Å². The van der Waals surface area contributed by atoms with Crippen molar-refractivity contribution in [2.45, 2.75) is 0 Å². The van der Waals surface area contributed by atoms with Gasteiger partial charge in [0.2, 0.25) is 0 Å². The summed E-state index contributed by atoms with van der Waals surface area (Å²) in [6.07, 6.45) is 4.55. The lowest BCUT2D eigenvalue weighted by atomic mass is 10.6. The van der Waals surface area contributed by atoms with E-state index in [0.29, 0.717) is 0 Å². The summed E-state index contributed by atoms with van der Waals surface area (Å²) >= 11 is 16.5. The zero-order chi connectivity index (χ0) is 12.5. The van der Waals surface area contributed by atoms with Crippen LogP contribution in [0.1, 0.15) is 0 Å². The summed E-state index contributed by atoms with van der Waals surface area (Å²) < 4.78 is 8.66. The van der Waals surface area contributed by atoms with Gasteiger partial charge in [0, 0.05) is 11.5 Å². The van der Waals surface area contributed by atoms with Crippen molar-refractivity contribution in [1.82, 2.24) is 0 Å². The molecular weight excluding hydrogens is 566 g/mol. The number of rotatable bonds is 1. The van der Waals surface area contributed by atoms with E-state index < -0.39 is 0 Å². The van der Waals surface area contributed by atoms with Gasteiger partial charge in [-0.3, -0.25) is 0 Å². The largest absolute Gasteiger partial charge is 0.116 e. The van der Waals surface area contributed by atoms with Crippen molar-refractivity contribution < 1.29 is 0 Å². The van der Waals surface area contributed by atoms with Crippen LogP contribution < -0.4 is 0 Å². The summed E-state index contributed by atoms with van der Waals surface area (Å²) in [7, 11) is 0. The Morgan fingerprint density at radius 1 is 0.722 bits per heavy atom. The van der Waals surface area contributed by atoms with Crippen molar-refractivity contribution in [2.24, 2.45) is 0 Å². The number of hydrogen-bond donors (Lipinski definition) is 0. The third-order valence-electron chi connectivity index (χ3n) is 1.99. The standard InChI is InChI=1S/C10H6I2S6/c11-7-8(12)16-5(15-7)1-2-6-17-9-10(18-6)14-4-3-13-9/h1-2H,3-4H2. The van der Waals surface area contributed by atoms with Crippen LogP contribution in [-0.4, -0.2) is 11.5 Å². The minimum Gasteiger partial charge on any atom is -0.116 e. The third-order valence-corrected chi connectivity index (χ3v) is 13.9. The van der Waals surface area contributed by atoms with Crippen LogP contribution in [0.4, 0.5) is 0 Å². The molecule has 0 N–H and O–H groups in total. The summed E-state index contributed by atoms with van der Waals surface area (Å²) in [6, 6.07) is 0. The molecule has 3 heterocycles. The molecule has 0 nitrogen and oxygen atoms in total. The third kappa shape index (κ3) is 3.83. The fourth-order valence-corrected chi connectivity index (χ4v) is 11.7. The summed E-state index contributed by atoms with van der Waals surface area (Å²) in [6.45, 7) is 0. The average molecular weight is 572 g/mol. The first-order valence-corrected chi connectivity index (χ1v) is 12.3. The highest BCUT2D eigenvalue weighted by Crippen LogP contribution is 2.60. The van der Waals surface area contributed by atoms with Gasteiger partial charge in [-0.1, -0.05) is 47.0 Å². The lowest BCUT2D eigenvalue weighted by molar-refractivity contribution is 1.56. The quantitative estimate of drug-likeness (QED) is 0.302. The summed E-state index contributed by atoms with van der Waals surface area (Å²) in [4.78, 5) is 0. The van der Waals surface area contributed by atoms with E-state index >= 15 is 0 Å². The van der Waals surface area contributed by atoms with Gasteiger partial charge < -0.3 is 0 Å². The van der Waals surface area contributed by atoms with Crippen LogP contribution in [-0.2, 0) is 0 Å². The number of halogens is 2. The van der Waals surface area contributed by atoms with Gasteiger partial charge in [0.25, 0.3) is 0 Å². The monoisotopic (exact) mass is 572 g/mol. The highest BCUT2D eigenvalue weighted by Gasteiger charge is 2.24. The molecule has 18 heavy (non-hydrogen) atoms. The maximum Gasteiger partial charge on any atom is 0.0712 e. The Morgan fingerprint density at radius 3 is 1.67 bits per heavy atom. The highest BCUT2D eigenvalue weighted by atomic mass is 127. The fraction of sp³-hybridized carbons (Fsp3) is 0.200. The Hall–Kier alpha value is 2.52. The van der Waals surface area contributed by atoms with Crippen LogP contribution >= 0.6 is 116 Å². The van der Waals surface area contributed by atoms with Crippen LogP contribution in [0.2, 0.25) is 0 Å². The van der Waals surface area contributed by atoms with Crippen molar-refractivity contribution in [2.75, 3.05) is 11.5 Å². The van der Waals surface area contributed by atoms with E-state index in [1.54, 1.807) is 0 Å². The predicted octanol–water partition coefficient (Wildman–Crippen LogP) is 7.23. The van der Waals surface area contributed by atoms with Crippen molar-refractivity contribution in [3.8, 4) is 0 Å². The van der Waals surface area contributed by atoms with E-state index in [0.717, 1.165) is 0 Å². The first kappa shape index (κ1) is 15.4.